The number of amides is 3. The molecule has 0 spiro atoms. The van der Waals surface area contributed by atoms with E-state index in [-0.39, 0.29) is 27.7 Å². The summed E-state index contributed by atoms with van der Waals surface area (Å²) >= 11 is 0.949. The highest BCUT2D eigenvalue weighted by Crippen LogP contribution is 2.24. The van der Waals surface area contributed by atoms with Crippen LogP contribution >= 0.6 is 11.3 Å². The van der Waals surface area contributed by atoms with Gasteiger partial charge in [0.05, 0.1) is 13.0 Å². The van der Waals surface area contributed by atoms with Gasteiger partial charge in [0, 0.05) is 24.8 Å². The van der Waals surface area contributed by atoms with Crippen molar-refractivity contribution < 1.29 is 19.1 Å². The minimum atomic E-state index is -0.433. The summed E-state index contributed by atoms with van der Waals surface area (Å²) in [5.41, 5.74) is 0.587. The number of ether oxygens (including phenoxy) is 1. The maximum atomic E-state index is 12.8. The fourth-order valence-electron chi connectivity index (χ4n) is 3.32. The molecule has 1 atom stereocenters. The summed E-state index contributed by atoms with van der Waals surface area (Å²) in [6.45, 7) is 0.934. The Balaban J connectivity index is 1.36. The quantitative estimate of drug-likeness (QED) is 0.725. The molecule has 0 bridgehead atoms. The van der Waals surface area contributed by atoms with Crippen molar-refractivity contribution >= 4 is 34.7 Å². The maximum Gasteiger partial charge on any atom is 0.286 e. The molecule has 1 saturated carbocycles. The number of benzene rings is 1. The molecule has 1 saturated heterocycles. The van der Waals surface area contributed by atoms with E-state index in [1.165, 1.54) is 0 Å². The molecule has 2 fully saturated rings. The van der Waals surface area contributed by atoms with Gasteiger partial charge in [0.1, 0.15) is 5.75 Å². The summed E-state index contributed by atoms with van der Waals surface area (Å²) in [5, 5.41) is 13.8. The van der Waals surface area contributed by atoms with Crippen molar-refractivity contribution in [3.8, 4) is 5.75 Å². The Morgan fingerprint density at radius 1 is 1.10 bits per heavy atom. The molecule has 1 aromatic carbocycles. The van der Waals surface area contributed by atoms with Gasteiger partial charge in [-0.3, -0.25) is 14.4 Å². The summed E-state index contributed by atoms with van der Waals surface area (Å²) in [5.74, 6) is -0.222. The zero-order valence-electron chi connectivity index (χ0n) is 16.6. The summed E-state index contributed by atoms with van der Waals surface area (Å²) in [4.78, 5) is 39.2. The Bertz CT molecular complexity index is 941. The summed E-state index contributed by atoms with van der Waals surface area (Å²) < 4.78 is 5.09. The molecule has 9 nitrogen and oxygen atoms in total. The van der Waals surface area contributed by atoms with Crippen LogP contribution in [0, 0.1) is 5.92 Å². The van der Waals surface area contributed by atoms with Crippen molar-refractivity contribution in [1.29, 1.82) is 0 Å². The normalized spacial score (nSPS) is 18.6. The highest BCUT2D eigenvalue weighted by Gasteiger charge is 2.33. The van der Waals surface area contributed by atoms with E-state index >= 15 is 0 Å². The molecule has 1 aliphatic carbocycles. The van der Waals surface area contributed by atoms with E-state index in [9.17, 15) is 14.4 Å². The third-order valence-corrected chi connectivity index (χ3v) is 6.06. The highest BCUT2D eigenvalue weighted by molar-refractivity contribution is 7.15. The Labute approximate surface area is 177 Å². The van der Waals surface area contributed by atoms with Crippen LogP contribution in [0.2, 0.25) is 0 Å². The first-order chi connectivity index (χ1) is 14.5. The predicted octanol–water partition coefficient (Wildman–Crippen LogP) is 1.93. The molecule has 10 heteroatoms. The van der Waals surface area contributed by atoms with Gasteiger partial charge in [0.25, 0.3) is 11.8 Å². The van der Waals surface area contributed by atoms with E-state index in [4.69, 9.17) is 4.74 Å². The molecule has 158 valence electrons. The molecule has 2 aromatic rings. The van der Waals surface area contributed by atoms with Gasteiger partial charge in [-0.05, 0) is 49.9 Å². The Morgan fingerprint density at radius 3 is 2.53 bits per heavy atom. The minimum Gasteiger partial charge on any atom is -0.497 e. The Morgan fingerprint density at radius 2 is 1.83 bits per heavy atom. The minimum absolute atomic E-state index is 0.0202. The first-order valence-electron chi connectivity index (χ1n) is 9.92. The fraction of sp³-hybridized carbons (Fsp3) is 0.450. The molecule has 4 rings (SSSR count). The summed E-state index contributed by atoms with van der Waals surface area (Å²) in [6.07, 6.45) is 3.60. The van der Waals surface area contributed by atoms with Crippen LogP contribution in [-0.4, -0.2) is 59.1 Å². The zero-order valence-corrected chi connectivity index (χ0v) is 17.4. The first kappa shape index (κ1) is 20.3. The Kier molecular flexibility index (Phi) is 5.93. The number of carbonyl (C=O) groups excluding carboxylic acids is 3. The number of aromatic nitrogens is 2. The molecular formula is C20H23N5O4S. The average molecular weight is 430 g/mol. The van der Waals surface area contributed by atoms with Crippen LogP contribution in [0.3, 0.4) is 0 Å². The van der Waals surface area contributed by atoms with Gasteiger partial charge in [0.2, 0.25) is 15.9 Å². The number of rotatable bonds is 6. The number of nitrogens with one attached hydrogen (secondary N) is 2. The SMILES string of the molecule is COc1ccc(NC(=O)c2nnc(C(=O)N3CCCC(C(=O)NC4CC4)C3)s2)cc1. The molecule has 1 aromatic heterocycles. The number of anilines is 1. The van der Waals surface area contributed by atoms with Crippen LogP contribution in [0.5, 0.6) is 5.75 Å². The standard InChI is InChI=1S/C20H23N5O4S/c1-29-15-8-6-14(7-9-15)22-17(27)18-23-24-19(30-18)20(28)25-10-2-3-12(11-25)16(26)21-13-4-5-13/h6-9,12-13H,2-5,10-11H2,1H3,(H,21,26)(H,22,27). The molecule has 2 aliphatic rings. The number of piperidine rings is 1. The first-order valence-corrected chi connectivity index (χ1v) is 10.7. The molecule has 1 aliphatic heterocycles. The molecule has 3 amide bonds. The fourth-order valence-corrected chi connectivity index (χ4v) is 4.02. The monoisotopic (exact) mass is 429 g/mol. The van der Waals surface area contributed by atoms with Crippen LogP contribution in [0.4, 0.5) is 5.69 Å². The third kappa shape index (κ3) is 4.76. The van der Waals surface area contributed by atoms with Gasteiger partial charge in [-0.1, -0.05) is 11.3 Å². The number of methoxy groups -OCH3 is 1. The second kappa shape index (κ2) is 8.78. The largest absolute Gasteiger partial charge is 0.497 e. The lowest BCUT2D eigenvalue weighted by molar-refractivity contribution is -0.126. The van der Waals surface area contributed by atoms with Crippen LogP contribution in [0.25, 0.3) is 0 Å². The number of carbonyl (C=O) groups is 3. The molecule has 0 radical (unpaired) electrons. The van der Waals surface area contributed by atoms with Crippen LogP contribution in [0.15, 0.2) is 24.3 Å². The molecule has 1 unspecified atom stereocenters. The summed E-state index contributed by atoms with van der Waals surface area (Å²) in [6, 6.07) is 7.20. The number of hydrogen-bond acceptors (Lipinski definition) is 7. The van der Waals surface area contributed by atoms with Gasteiger partial charge in [-0.2, -0.15) is 0 Å². The lowest BCUT2D eigenvalue weighted by Gasteiger charge is -2.31. The Hall–Kier alpha value is -3.01. The highest BCUT2D eigenvalue weighted by atomic mass is 32.1. The molecule has 2 N–H and O–H groups in total. The van der Waals surface area contributed by atoms with Crippen molar-refractivity contribution in [3.05, 3.63) is 34.3 Å². The molecule has 2 heterocycles. The van der Waals surface area contributed by atoms with E-state index in [0.717, 1.165) is 37.0 Å². The van der Waals surface area contributed by atoms with E-state index in [1.807, 2.05) is 0 Å². The van der Waals surface area contributed by atoms with Crippen molar-refractivity contribution in [2.45, 2.75) is 31.7 Å². The van der Waals surface area contributed by atoms with Crippen molar-refractivity contribution in [2.24, 2.45) is 5.92 Å². The van der Waals surface area contributed by atoms with Crippen molar-refractivity contribution in [1.82, 2.24) is 20.4 Å². The van der Waals surface area contributed by atoms with Gasteiger partial charge in [-0.15, -0.1) is 10.2 Å². The van der Waals surface area contributed by atoms with Crippen molar-refractivity contribution in [3.63, 3.8) is 0 Å². The molecular weight excluding hydrogens is 406 g/mol. The second-order valence-electron chi connectivity index (χ2n) is 7.47. The smallest absolute Gasteiger partial charge is 0.286 e. The van der Waals surface area contributed by atoms with Crippen LogP contribution in [0.1, 0.15) is 45.3 Å². The van der Waals surface area contributed by atoms with Gasteiger partial charge in [0.15, 0.2) is 0 Å². The molecule has 30 heavy (non-hydrogen) atoms. The number of nitrogens with zero attached hydrogens (tertiary/aromatic N) is 3. The van der Waals surface area contributed by atoms with Gasteiger partial charge >= 0.3 is 0 Å². The summed E-state index contributed by atoms with van der Waals surface area (Å²) in [7, 11) is 1.57. The second-order valence-corrected chi connectivity index (χ2v) is 8.45. The van der Waals surface area contributed by atoms with Crippen LogP contribution < -0.4 is 15.4 Å². The maximum absolute atomic E-state index is 12.8. The van der Waals surface area contributed by atoms with E-state index < -0.39 is 5.91 Å². The number of likely N-dealkylation sites (tertiary alicyclic amines) is 1. The van der Waals surface area contributed by atoms with Crippen LogP contribution in [-0.2, 0) is 4.79 Å². The zero-order chi connectivity index (χ0) is 21.1. The van der Waals surface area contributed by atoms with Gasteiger partial charge in [-0.25, -0.2) is 0 Å². The van der Waals surface area contributed by atoms with Crippen molar-refractivity contribution in [2.75, 3.05) is 25.5 Å². The van der Waals surface area contributed by atoms with E-state index in [0.29, 0.717) is 30.6 Å². The third-order valence-electron chi connectivity index (χ3n) is 5.15. The predicted molar refractivity (Wildman–Crippen MR) is 111 cm³/mol. The lowest BCUT2D eigenvalue weighted by atomic mass is 9.97. The topological polar surface area (TPSA) is 114 Å². The number of hydrogen-bond donors (Lipinski definition) is 2. The van der Waals surface area contributed by atoms with Gasteiger partial charge < -0.3 is 20.3 Å². The van der Waals surface area contributed by atoms with E-state index in [2.05, 4.69) is 20.8 Å². The van der Waals surface area contributed by atoms with E-state index in [1.54, 1.807) is 36.3 Å². The lowest BCUT2D eigenvalue weighted by Crippen LogP contribution is -2.45. The average Bonchev–Trinajstić information content (AvgIpc) is 3.45.